The molecule has 0 saturated carbocycles. The average molecular weight is 687 g/mol. The predicted octanol–water partition coefficient (Wildman–Crippen LogP) is 6.46. The van der Waals surface area contributed by atoms with Crippen molar-refractivity contribution in [3.63, 3.8) is 0 Å². The molecular weight excluding hydrogens is 652 g/mol. The molecule has 258 valence electrons. The molecule has 1 heterocycles. The van der Waals surface area contributed by atoms with Gasteiger partial charge >= 0.3 is 23.9 Å². The van der Waals surface area contributed by atoms with Crippen LogP contribution in [0.25, 0.3) is 0 Å². The summed E-state index contributed by atoms with van der Waals surface area (Å²) in [5.41, 5.74) is 1.69. The molecule has 1 aliphatic heterocycles. The zero-order valence-corrected chi connectivity index (χ0v) is 27.3. The van der Waals surface area contributed by atoms with E-state index in [1.807, 2.05) is 30.3 Å². The number of hydrogen-bond acceptors (Lipinski definition) is 10. The summed E-state index contributed by atoms with van der Waals surface area (Å²) < 4.78 is 36.4. The molecule has 6 rings (SSSR count). The fraction of sp³-hybridized carbons (Fsp3) is 0.171. The van der Waals surface area contributed by atoms with Gasteiger partial charge in [0, 0.05) is 0 Å². The maximum Gasteiger partial charge on any atom is 0.340 e. The highest BCUT2D eigenvalue weighted by Gasteiger charge is 2.53. The van der Waals surface area contributed by atoms with E-state index in [2.05, 4.69) is 0 Å². The molecule has 3 unspecified atom stereocenters. The van der Waals surface area contributed by atoms with Crippen molar-refractivity contribution >= 4 is 23.9 Å². The zero-order valence-electron chi connectivity index (χ0n) is 27.3. The molecule has 0 radical (unpaired) electrons. The van der Waals surface area contributed by atoms with Crippen molar-refractivity contribution in [2.75, 3.05) is 6.61 Å². The van der Waals surface area contributed by atoms with Crippen LogP contribution < -0.4 is 0 Å². The first-order valence-corrected chi connectivity index (χ1v) is 16.3. The largest absolute Gasteiger partial charge is 0.459 e. The van der Waals surface area contributed by atoms with Gasteiger partial charge in [0.05, 0.1) is 28.9 Å². The molecule has 1 fully saturated rings. The minimum atomic E-state index is -1.58. The van der Waals surface area contributed by atoms with Gasteiger partial charge in [-0.2, -0.15) is 0 Å². The summed E-state index contributed by atoms with van der Waals surface area (Å²) >= 11 is 0. The monoisotopic (exact) mass is 686 g/mol. The van der Waals surface area contributed by atoms with Crippen molar-refractivity contribution < 1.29 is 47.6 Å². The van der Waals surface area contributed by atoms with Crippen LogP contribution in [0.3, 0.4) is 0 Å². The Bertz CT molecular complexity index is 1890. The number of ether oxygens (including phenoxy) is 6. The highest BCUT2D eigenvalue weighted by molar-refractivity contribution is 5.91. The Morgan fingerprint density at radius 2 is 0.843 bits per heavy atom. The quantitative estimate of drug-likeness (QED) is 0.107. The maximum atomic E-state index is 13.6. The summed E-state index contributed by atoms with van der Waals surface area (Å²) in [7, 11) is 0. The third-order valence-electron chi connectivity index (χ3n) is 8.00. The van der Waals surface area contributed by atoms with E-state index in [0.29, 0.717) is 0 Å². The van der Waals surface area contributed by atoms with Crippen LogP contribution in [0.1, 0.15) is 47.0 Å². The van der Waals surface area contributed by atoms with Gasteiger partial charge in [0.2, 0.25) is 6.29 Å². The summed E-state index contributed by atoms with van der Waals surface area (Å²) in [4.78, 5) is 53.7. The average Bonchev–Trinajstić information content (AvgIpc) is 3.19. The van der Waals surface area contributed by atoms with Gasteiger partial charge in [0.15, 0.2) is 12.2 Å². The van der Waals surface area contributed by atoms with Gasteiger partial charge in [-0.1, -0.05) is 103 Å². The van der Waals surface area contributed by atoms with Crippen molar-refractivity contribution in [1.82, 2.24) is 0 Å². The van der Waals surface area contributed by atoms with E-state index < -0.39 is 61.2 Å². The lowest BCUT2D eigenvalue weighted by Crippen LogP contribution is -2.63. The molecule has 5 aromatic rings. The van der Waals surface area contributed by atoms with Crippen LogP contribution in [-0.4, -0.2) is 61.2 Å². The highest BCUT2D eigenvalue weighted by atomic mass is 16.7. The van der Waals surface area contributed by atoms with Gasteiger partial charge < -0.3 is 28.4 Å². The maximum absolute atomic E-state index is 13.6. The smallest absolute Gasteiger partial charge is 0.340 e. The number of benzene rings is 5. The van der Waals surface area contributed by atoms with Crippen molar-refractivity contribution in [2.24, 2.45) is 0 Å². The standard InChI is InChI=1S/C41H34O10/c42-37(29-18-8-2-9-19-29)47-27-33-34(49-38(43)30-20-10-3-11-21-30)35(46-26-28-16-6-1-7-17-28)36(50-39(44)31-22-12-4-13-23-31)41(48-33)51-40(45)32-24-14-5-15-25-32/h1-25,33-36,41H,26-27H2/t33?,34-,35?,36?,41+/m1/s1. The van der Waals surface area contributed by atoms with Gasteiger partial charge in [-0.15, -0.1) is 0 Å². The summed E-state index contributed by atoms with van der Waals surface area (Å²) in [5.74, 6) is -2.93. The molecule has 10 nitrogen and oxygen atoms in total. The normalized spacial score (nSPS) is 19.6. The minimum absolute atomic E-state index is 0.0137. The first kappa shape index (κ1) is 34.8. The van der Waals surface area contributed by atoms with Gasteiger partial charge in [-0.05, 0) is 54.1 Å². The number of carbonyl (C=O) groups is 4. The third kappa shape index (κ3) is 9.13. The van der Waals surface area contributed by atoms with Gasteiger partial charge in [-0.25, -0.2) is 19.2 Å². The molecule has 5 aromatic carbocycles. The lowest BCUT2D eigenvalue weighted by Gasteiger charge is -2.44. The van der Waals surface area contributed by atoms with Gasteiger partial charge in [-0.3, -0.25) is 0 Å². The van der Waals surface area contributed by atoms with E-state index in [-0.39, 0.29) is 28.9 Å². The van der Waals surface area contributed by atoms with E-state index in [1.54, 1.807) is 121 Å². The Morgan fingerprint density at radius 1 is 0.451 bits per heavy atom. The third-order valence-corrected chi connectivity index (χ3v) is 8.00. The Labute approximate surface area is 294 Å². The molecule has 0 N–H and O–H groups in total. The van der Waals surface area contributed by atoms with Gasteiger partial charge in [0.25, 0.3) is 0 Å². The van der Waals surface area contributed by atoms with Crippen LogP contribution in [0.2, 0.25) is 0 Å². The molecule has 51 heavy (non-hydrogen) atoms. The van der Waals surface area contributed by atoms with Crippen LogP contribution in [0, 0.1) is 0 Å². The molecule has 0 aliphatic carbocycles. The van der Waals surface area contributed by atoms with Crippen molar-refractivity contribution in [2.45, 2.75) is 37.3 Å². The van der Waals surface area contributed by atoms with Crippen LogP contribution in [0.4, 0.5) is 0 Å². The molecule has 5 atom stereocenters. The van der Waals surface area contributed by atoms with E-state index in [1.165, 1.54) is 0 Å². The molecule has 0 amide bonds. The number of carbonyl (C=O) groups excluding carboxylic acids is 4. The molecular formula is C41H34O10. The van der Waals surface area contributed by atoms with Gasteiger partial charge in [0.1, 0.15) is 18.8 Å². The Balaban J connectivity index is 1.39. The van der Waals surface area contributed by atoms with E-state index >= 15 is 0 Å². The fourth-order valence-corrected chi connectivity index (χ4v) is 5.43. The van der Waals surface area contributed by atoms with E-state index in [9.17, 15) is 19.2 Å². The zero-order chi connectivity index (χ0) is 35.4. The summed E-state index contributed by atoms with van der Waals surface area (Å²) in [6.07, 6.45) is -6.90. The molecule has 0 spiro atoms. The van der Waals surface area contributed by atoms with E-state index in [4.69, 9.17) is 28.4 Å². The summed E-state index contributed by atoms with van der Waals surface area (Å²) in [6.45, 7) is -0.454. The number of hydrogen-bond donors (Lipinski definition) is 0. The minimum Gasteiger partial charge on any atom is -0.459 e. The first-order chi connectivity index (χ1) is 25.0. The predicted molar refractivity (Wildman–Crippen MR) is 184 cm³/mol. The fourth-order valence-electron chi connectivity index (χ4n) is 5.43. The lowest BCUT2D eigenvalue weighted by atomic mass is 9.97. The Morgan fingerprint density at radius 3 is 1.31 bits per heavy atom. The van der Waals surface area contributed by atoms with Crippen LogP contribution in [0.5, 0.6) is 0 Å². The SMILES string of the molecule is O=C(OCC1O[C@@H](OC(=O)c2ccccc2)C(OC(=O)c2ccccc2)C(OCc2ccccc2)[C@@H]1OC(=O)c1ccccc1)c1ccccc1. The molecule has 0 aromatic heterocycles. The highest BCUT2D eigenvalue weighted by Crippen LogP contribution is 2.32. The second-order valence-electron chi connectivity index (χ2n) is 11.5. The van der Waals surface area contributed by atoms with Crippen LogP contribution >= 0.6 is 0 Å². The molecule has 1 aliphatic rings. The molecule has 10 heteroatoms. The molecule has 0 bridgehead atoms. The summed E-state index contributed by atoms with van der Waals surface area (Å²) in [5, 5.41) is 0. The van der Waals surface area contributed by atoms with E-state index in [0.717, 1.165) is 5.56 Å². The van der Waals surface area contributed by atoms with Crippen molar-refractivity contribution in [3.8, 4) is 0 Å². The van der Waals surface area contributed by atoms with Crippen molar-refractivity contribution in [3.05, 3.63) is 179 Å². The Kier molecular flexibility index (Phi) is 11.6. The number of esters is 4. The molecule has 1 saturated heterocycles. The second-order valence-corrected chi connectivity index (χ2v) is 11.5. The summed E-state index contributed by atoms with van der Waals surface area (Å²) in [6, 6.07) is 42.2. The van der Waals surface area contributed by atoms with Crippen molar-refractivity contribution in [1.29, 1.82) is 0 Å². The Hall–Kier alpha value is -6.10. The first-order valence-electron chi connectivity index (χ1n) is 16.3. The second kappa shape index (κ2) is 17.0. The lowest BCUT2D eigenvalue weighted by molar-refractivity contribution is -0.292. The van der Waals surface area contributed by atoms with Crippen LogP contribution in [-0.2, 0) is 35.0 Å². The topological polar surface area (TPSA) is 124 Å². The number of rotatable bonds is 12. The van der Waals surface area contributed by atoms with Crippen LogP contribution in [0.15, 0.2) is 152 Å².